The molecule has 0 bridgehead atoms. The topological polar surface area (TPSA) is 44.2 Å². The van der Waals surface area contributed by atoms with Gasteiger partial charge in [-0.2, -0.15) is 0 Å². The molecule has 3 rings (SSSR count). The highest BCUT2D eigenvalue weighted by Crippen LogP contribution is 2.37. The number of rotatable bonds is 2. The van der Waals surface area contributed by atoms with Crippen LogP contribution in [0.4, 0.5) is 10.1 Å². The van der Waals surface area contributed by atoms with Crippen molar-refractivity contribution in [2.45, 2.75) is 0 Å². The number of nitrogens with one attached hydrogen (secondary N) is 1. The summed E-state index contributed by atoms with van der Waals surface area (Å²) in [5.74, 6) is -0.760. The molecule has 0 unspecified atom stereocenters. The lowest BCUT2D eigenvalue weighted by atomic mass is 10.2. The fourth-order valence-electron chi connectivity index (χ4n) is 2.08. The molecule has 0 atom stereocenters. The molecular weight excluding hydrogens is 358 g/mol. The van der Waals surface area contributed by atoms with Gasteiger partial charge in [0.05, 0.1) is 20.6 Å². The van der Waals surface area contributed by atoms with E-state index in [1.54, 1.807) is 24.3 Å². The van der Waals surface area contributed by atoms with Gasteiger partial charge in [-0.15, -0.1) is 0 Å². The number of anilines is 1. The van der Waals surface area contributed by atoms with E-state index in [0.29, 0.717) is 26.2 Å². The van der Waals surface area contributed by atoms with Crippen molar-refractivity contribution in [3.05, 3.63) is 68.8 Å². The van der Waals surface area contributed by atoms with Crippen molar-refractivity contribution >= 4 is 57.8 Å². The SMILES string of the molecule is N=C1S/C(=C\c2cccc(Cl)c2Cl)C(=O)N1c1ccc(F)cc1. The van der Waals surface area contributed by atoms with Crippen LogP contribution in [0.15, 0.2) is 47.4 Å². The van der Waals surface area contributed by atoms with E-state index in [2.05, 4.69) is 0 Å². The van der Waals surface area contributed by atoms with Crippen LogP contribution in [0.2, 0.25) is 10.0 Å². The molecule has 1 aliphatic heterocycles. The van der Waals surface area contributed by atoms with Gasteiger partial charge < -0.3 is 0 Å². The lowest BCUT2D eigenvalue weighted by Gasteiger charge is -2.13. The molecule has 1 N–H and O–H groups in total. The van der Waals surface area contributed by atoms with E-state index < -0.39 is 5.82 Å². The maximum atomic E-state index is 13.0. The van der Waals surface area contributed by atoms with E-state index in [0.717, 1.165) is 11.8 Å². The average molecular weight is 367 g/mol. The third-order valence-electron chi connectivity index (χ3n) is 3.18. The van der Waals surface area contributed by atoms with Crippen molar-refractivity contribution < 1.29 is 9.18 Å². The van der Waals surface area contributed by atoms with E-state index in [4.69, 9.17) is 28.6 Å². The molecule has 7 heteroatoms. The van der Waals surface area contributed by atoms with Crippen molar-refractivity contribution in [1.82, 2.24) is 0 Å². The largest absolute Gasteiger partial charge is 0.278 e. The Labute approximate surface area is 146 Å². The molecule has 23 heavy (non-hydrogen) atoms. The van der Waals surface area contributed by atoms with Gasteiger partial charge in [-0.05, 0) is 53.7 Å². The van der Waals surface area contributed by atoms with Crippen LogP contribution >= 0.6 is 35.0 Å². The van der Waals surface area contributed by atoms with Crippen LogP contribution in [0, 0.1) is 11.2 Å². The molecule has 0 aromatic heterocycles. The van der Waals surface area contributed by atoms with Crippen LogP contribution in [-0.4, -0.2) is 11.1 Å². The van der Waals surface area contributed by atoms with Crippen molar-refractivity contribution in [3.63, 3.8) is 0 Å². The first-order chi connectivity index (χ1) is 11.0. The summed E-state index contributed by atoms with van der Waals surface area (Å²) in [7, 11) is 0. The molecule has 1 amide bonds. The average Bonchev–Trinajstić information content (AvgIpc) is 2.79. The summed E-state index contributed by atoms with van der Waals surface area (Å²) in [6.45, 7) is 0. The number of nitrogens with zero attached hydrogens (tertiary/aromatic N) is 1. The van der Waals surface area contributed by atoms with Gasteiger partial charge in [-0.3, -0.25) is 15.1 Å². The highest BCUT2D eigenvalue weighted by molar-refractivity contribution is 8.19. The van der Waals surface area contributed by atoms with Gasteiger partial charge in [0.1, 0.15) is 5.82 Å². The lowest BCUT2D eigenvalue weighted by molar-refractivity contribution is -0.113. The quantitative estimate of drug-likeness (QED) is 0.743. The van der Waals surface area contributed by atoms with Crippen LogP contribution in [0.3, 0.4) is 0 Å². The Balaban J connectivity index is 1.96. The number of hydrogen-bond acceptors (Lipinski definition) is 3. The fourth-order valence-corrected chi connectivity index (χ4v) is 3.30. The number of amidine groups is 1. The molecule has 2 aromatic carbocycles. The second-order valence-electron chi connectivity index (χ2n) is 4.68. The van der Waals surface area contributed by atoms with Crippen LogP contribution in [0.1, 0.15) is 5.56 Å². The summed E-state index contributed by atoms with van der Waals surface area (Å²) in [6, 6.07) is 10.5. The van der Waals surface area contributed by atoms with Gasteiger partial charge in [0, 0.05) is 0 Å². The van der Waals surface area contributed by atoms with Crippen molar-refractivity contribution in [2.75, 3.05) is 4.90 Å². The first-order valence-electron chi connectivity index (χ1n) is 6.49. The van der Waals surface area contributed by atoms with Gasteiger partial charge >= 0.3 is 0 Å². The zero-order valence-corrected chi connectivity index (χ0v) is 13.8. The lowest BCUT2D eigenvalue weighted by Crippen LogP contribution is -2.28. The highest BCUT2D eigenvalue weighted by atomic mass is 35.5. The summed E-state index contributed by atoms with van der Waals surface area (Å²) < 4.78 is 13.0. The summed E-state index contributed by atoms with van der Waals surface area (Å²) in [5.41, 5.74) is 1.04. The number of thioether (sulfide) groups is 1. The first kappa shape index (κ1) is 16.1. The van der Waals surface area contributed by atoms with Crippen molar-refractivity contribution in [2.24, 2.45) is 0 Å². The van der Waals surface area contributed by atoms with Crippen molar-refractivity contribution in [3.8, 4) is 0 Å². The Kier molecular flexibility index (Phi) is 4.43. The molecule has 3 nitrogen and oxygen atoms in total. The van der Waals surface area contributed by atoms with E-state index >= 15 is 0 Å². The monoisotopic (exact) mass is 366 g/mol. The molecule has 116 valence electrons. The normalized spacial score (nSPS) is 16.5. The minimum absolute atomic E-state index is 0.0472. The number of halogens is 3. The number of carbonyl (C=O) groups excluding carboxylic acids is 1. The van der Waals surface area contributed by atoms with Crippen molar-refractivity contribution in [1.29, 1.82) is 5.41 Å². The first-order valence-corrected chi connectivity index (χ1v) is 8.07. The minimum atomic E-state index is -0.402. The third-order valence-corrected chi connectivity index (χ3v) is 4.90. The molecule has 1 fully saturated rings. The zero-order chi connectivity index (χ0) is 16.6. The number of amides is 1. The molecule has 1 heterocycles. The molecule has 0 aliphatic carbocycles. The van der Waals surface area contributed by atoms with Crippen LogP contribution < -0.4 is 4.90 Å². The zero-order valence-electron chi connectivity index (χ0n) is 11.5. The molecule has 1 aliphatic rings. The van der Waals surface area contributed by atoms with E-state index in [-0.39, 0.29) is 11.1 Å². The van der Waals surface area contributed by atoms with E-state index in [1.807, 2.05) is 0 Å². The third kappa shape index (κ3) is 3.13. The Morgan fingerprint density at radius 3 is 2.52 bits per heavy atom. The summed E-state index contributed by atoms with van der Waals surface area (Å²) in [4.78, 5) is 14.1. The predicted molar refractivity (Wildman–Crippen MR) is 93.6 cm³/mol. The maximum absolute atomic E-state index is 13.0. The molecule has 0 spiro atoms. The van der Waals surface area contributed by atoms with Crippen LogP contribution in [-0.2, 0) is 4.79 Å². The highest BCUT2D eigenvalue weighted by Gasteiger charge is 2.33. The molecule has 0 radical (unpaired) electrons. The number of benzene rings is 2. The maximum Gasteiger partial charge on any atom is 0.271 e. The van der Waals surface area contributed by atoms with Crippen LogP contribution in [0.25, 0.3) is 6.08 Å². The Hall–Kier alpha value is -1.82. The van der Waals surface area contributed by atoms with E-state index in [1.165, 1.54) is 29.2 Å². The Morgan fingerprint density at radius 2 is 1.83 bits per heavy atom. The van der Waals surface area contributed by atoms with Gasteiger partial charge in [-0.1, -0.05) is 35.3 Å². The molecule has 1 saturated heterocycles. The Bertz CT molecular complexity index is 836. The fraction of sp³-hybridized carbons (Fsp3) is 0. The predicted octanol–water partition coefficient (Wildman–Crippen LogP) is 5.19. The Morgan fingerprint density at radius 1 is 1.13 bits per heavy atom. The second kappa shape index (κ2) is 6.35. The smallest absolute Gasteiger partial charge is 0.271 e. The van der Waals surface area contributed by atoms with E-state index in [9.17, 15) is 9.18 Å². The second-order valence-corrected chi connectivity index (χ2v) is 6.49. The van der Waals surface area contributed by atoms with Gasteiger partial charge in [0.2, 0.25) is 0 Å². The summed E-state index contributed by atoms with van der Waals surface area (Å²) in [6.07, 6.45) is 1.60. The number of carbonyl (C=O) groups is 1. The summed E-state index contributed by atoms with van der Waals surface area (Å²) in [5, 5.41) is 8.78. The molecule has 0 saturated carbocycles. The summed E-state index contributed by atoms with van der Waals surface area (Å²) >= 11 is 13.1. The van der Waals surface area contributed by atoms with Gasteiger partial charge in [0.25, 0.3) is 5.91 Å². The minimum Gasteiger partial charge on any atom is -0.278 e. The van der Waals surface area contributed by atoms with Gasteiger partial charge in [-0.25, -0.2) is 4.39 Å². The number of hydrogen-bond donors (Lipinski definition) is 1. The van der Waals surface area contributed by atoms with Gasteiger partial charge in [0.15, 0.2) is 5.17 Å². The standard InChI is InChI=1S/C16H9Cl2FN2OS/c17-12-3-1-2-9(14(12)18)8-13-15(22)21(16(20)23-13)11-6-4-10(19)5-7-11/h1-8,20H/b13-8-,20-16?. The van der Waals surface area contributed by atoms with Crippen LogP contribution in [0.5, 0.6) is 0 Å². The molecular formula is C16H9Cl2FN2OS. The molecule has 2 aromatic rings.